The van der Waals surface area contributed by atoms with E-state index < -0.39 is 36.4 Å². The van der Waals surface area contributed by atoms with Gasteiger partial charge in [-0.2, -0.15) is 0 Å². The maximum atomic E-state index is 13.1. The fraction of sp³-hybridized carbons (Fsp3) is 0.385. The van der Waals surface area contributed by atoms with E-state index in [-0.39, 0.29) is 17.7 Å². The number of carbonyl (C=O) groups is 2. The van der Waals surface area contributed by atoms with Crippen molar-refractivity contribution in [3.8, 4) is 0 Å². The van der Waals surface area contributed by atoms with E-state index in [1.54, 1.807) is 0 Å². The van der Waals surface area contributed by atoms with Gasteiger partial charge >= 0.3 is 11.9 Å². The van der Waals surface area contributed by atoms with Crippen molar-refractivity contribution in [3.05, 3.63) is 35.1 Å². The van der Waals surface area contributed by atoms with Crippen LogP contribution in [0, 0.1) is 5.82 Å². The van der Waals surface area contributed by atoms with Crippen molar-refractivity contribution in [3.63, 3.8) is 0 Å². The van der Waals surface area contributed by atoms with Gasteiger partial charge < -0.3 is 20.1 Å². The molecule has 0 aliphatic heterocycles. The molecule has 0 amide bonds. The molecule has 1 rings (SSSR count). The summed E-state index contributed by atoms with van der Waals surface area (Å²) in [5, 5.41) is 28.3. The Kier molecular flexibility index (Phi) is 5.60. The zero-order chi connectivity index (χ0) is 15.3. The lowest BCUT2D eigenvalue weighted by molar-refractivity contribution is -0.159. The standard InChI is InChI=1S/C13H15FO6/c1-2-20-13(19)12(18)11(17)9-4-3-8(14)5-7(9)6-10(15)16/h3-5,11-12,17-18H,2,6H2,1H3,(H,15,16). The number of aliphatic hydroxyl groups is 2. The molecule has 7 heteroatoms. The topological polar surface area (TPSA) is 104 Å². The highest BCUT2D eigenvalue weighted by atomic mass is 19.1. The molecule has 0 aromatic heterocycles. The molecule has 0 saturated carbocycles. The van der Waals surface area contributed by atoms with Crippen LogP contribution in [-0.4, -0.2) is 40.0 Å². The second-order valence-electron chi connectivity index (χ2n) is 4.06. The van der Waals surface area contributed by atoms with Crippen molar-refractivity contribution in [2.45, 2.75) is 25.6 Å². The van der Waals surface area contributed by atoms with Gasteiger partial charge in [0.1, 0.15) is 11.9 Å². The molecule has 2 unspecified atom stereocenters. The normalized spacial score (nSPS) is 13.6. The highest BCUT2D eigenvalue weighted by Crippen LogP contribution is 2.23. The van der Waals surface area contributed by atoms with E-state index in [0.29, 0.717) is 0 Å². The molecule has 1 aromatic carbocycles. The summed E-state index contributed by atoms with van der Waals surface area (Å²) in [5.41, 5.74) is -0.0531. The van der Waals surface area contributed by atoms with Crippen LogP contribution in [0.2, 0.25) is 0 Å². The Balaban J connectivity index is 3.05. The number of carboxylic acids is 1. The van der Waals surface area contributed by atoms with Crippen molar-refractivity contribution in [1.29, 1.82) is 0 Å². The third kappa shape index (κ3) is 4.01. The predicted molar refractivity (Wildman–Crippen MR) is 65.3 cm³/mol. The monoisotopic (exact) mass is 286 g/mol. The molecule has 0 bridgehead atoms. The van der Waals surface area contributed by atoms with Crippen LogP contribution in [0.25, 0.3) is 0 Å². The molecule has 1 aromatic rings. The Hall–Kier alpha value is -1.99. The molecule has 0 heterocycles. The van der Waals surface area contributed by atoms with Crippen LogP contribution in [0.5, 0.6) is 0 Å². The van der Waals surface area contributed by atoms with Gasteiger partial charge in [0.15, 0.2) is 6.10 Å². The van der Waals surface area contributed by atoms with Crippen molar-refractivity contribution in [2.24, 2.45) is 0 Å². The van der Waals surface area contributed by atoms with E-state index in [1.807, 2.05) is 0 Å². The maximum Gasteiger partial charge on any atom is 0.338 e. The lowest BCUT2D eigenvalue weighted by Gasteiger charge is -2.19. The van der Waals surface area contributed by atoms with Gasteiger partial charge in [-0.3, -0.25) is 4.79 Å². The van der Waals surface area contributed by atoms with Crippen molar-refractivity contribution in [2.75, 3.05) is 6.61 Å². The third-order valence-electron chi connectivity index (χ3n) is 2.59. The molecule has 0 radical (unpaired) electrons. The minimum absolute atomic E-state index is 0.0200. The summed E-state index contributed by atoms with van der Waals surface area (Å²) >= 11 is 0. The van der Waals surface area contributed by atoms with Gasteiger partial charge in [0, 0.05) is 0 Å². The van der Waals surface area contributed by atoms with Crippen LogP contribution >= 0.6 is 0 Å². The number of rotatable bonds is 6. The van der Waals surface area contributed by atoms with E-state index >= 15 is 0 Å². The number of esters is 1. The summed E-state index contributed by atoms with van der Waals surface area (Å²) in [4.78, 5) is 22.0. The zero-order valence-corrected chi connectivity index (χ0v) is 10.7. The van der Waals surface area contributed by atoms with Crippen LogP contribution in [0.4, 0.5) is 4.39 Å². The number of ether oxygens (including phenoxy) is 1. The molecule has 0 fully saturated rings. The van der Waals surface area contributed by atoms with E-state index in [2.05, 4.69) is 4.74 Å². The summed E-state index contributed by atoms with van der Waals surface area (Å²) in [6.45, 7) is 1.55. The number of benzene rings is 1. The molecule has 3 N–H and O–H groups in total. The van der Waals surface area contributed by atoms with Crippen LogP contribution in [0.1, 0.15) is 24.2 Å². The van der Waals surface area contributed by atoms with E-state index in [9.17, 15) is 24.2 Å². The Morgan fingerprint density at radius 1 is 1.35 bits per heavy atom. The van der Waals surface area contributed by atoms with Crippen molar-refractivity contribution in [1.82, 2.24) is 0 Å². The second kappa shape index (κ2) is 6.97. The van der Waals surface area contributed by atoms with Crippen molar-refractivity contribution >= 4 is 11.9 Å². The van der Waals surface area contributed by atoms with Gasteiger partial charge in [0.05, 0.1) is 13.0 Å². The summed E-state index contributed by atoms with van der Waals surface area (Å²) in [6, 6.07) is 3.06. The van der Waals surface area contributed by atoms with Crippen molar-refractivity contribution < 1.29 is 34.0 Å². The number of hydrogen-bond acceptors (Lipinski definition) is 5. The minimum Gasteiger partial charge on any atom is -0.481 e. The second-order valence-corrected chi connectivity index (χ2v) is 4.06. The number of carboxylic acid groups (broad SMARTS) is 1. The van der Waals surface area contributed by atoms with Gasteiger partial charge in [-0.15, -0.1) is 0 Å². The fourth-order valence-electron chi connectivity index (χ4n) is 1.71. The predicted octanol–water partition coefficient (Wildman–Crippen LogP) is 0.410. The number of aliphatic carboxylic acids is 1. The first-order valence-electron chi connectivity index (χ1n) is 5.89. The fourth-order valence-corrected chi connectivity index (χ4v) is 1.71. The maximum absolute atomic E-state index is 13.1. The molecular weight excluding hydrogens is 271 g/mol. The molecule has 0 aliphatic rings. The first-order chi connectivity index (χ1) is 9.36. The minimum atomic E-state index is -1.87. The number of hydrogen-bond donors (Lipinski definition) is 3. The van der Waals surface area contributed by atoms with Crippen LogP contribution in [0.15, 0.2) is 18.2 Å². The molecule has 6 nitrogen and oxygen atoms in total. The SMILES string of the molecule is CCOC(=O)C(O)C(O)c1ccc(F)cc1CC(=O)O. The summed E-state index contributed by atoms with van der Waals surface area (Å²) in [6.07, 6.45) is -4.10. The van der Waals surface area contributed by atoms with Gasteiger partial charge in [0.25, 0.3) is 0 Å². The average Bonchev–Trinajstić information content (AvgIpc) is 2.37. The first kappa shape index (κ1) is 16.1. The largest absolute Gasteiger partial charge is 0.481 e. The Bertz CT molecular complexity index is 502. The molecule has 0 spiro atoms. The molecular formula is C13H15FO6. The van der Waals surface area contributed by atoms with Crippen LogP contribution in [0.3, 0.4) is 0 Å². The molecule has 110 valence electrons. The molecule has 0 saturated heterocycles. The van der Waals surface area contributed by atoms with E-state index in [4.69, 9.17) is 5.11 Å². The van der Waals surface area contributed by atoms with E-state index in [1.165, 1.54) is 6.92 Å². The zero-order valence-electron chi connectivity index (χ0n) is 10.7. The van der Waals surface area contributed by atoms with Gasteiger partial charge in [0.2, 0.25) is 0 Å². The van der Waals surface area contributed by atoms with E-state index in [0.717, 1.165) is 18.2 Å². The first-order valence-corrected chi connectivity index (χ1v) is 5.89. The smallest absolute Gasteiger partial charge is 0.338 e. The third-order valence-corrected chi connectivity index (χ3v) is 2.59. The molecule has 20 heavy (non-hydrogen) atoms. The highest BCUT2D eigenvalue weighted by molar-refractivity contribution is 5.76. The lowest BCUT2D eigenvalue weighted by Crippen LogP contribution is -2.30. The number of carbonyl (C=O) groups excluding carboxylic acids is 1. The summed E-state index contributed by atoms with van der Waals surface area (Å²) in [7, 11) is 0. The lowest BCUT2D eigenvalue weighted by atomic mass is 9.96. The Labute approximate surface area is 114 Å². The molecule has 2 atom stereocenters. The van der Waals surface area contributed by atoms with Crippen LogP contribution < -0.4 is 0 Å². The Morgan fingerprint density at radius 2 is 2.00 bits per heavy atom. The summed E-state index contributed by atoms with van der Waals surface area (Å²) in [5.74, 6) is -2.94. The summed E-state index contributed by atoms with van der Waals surface area (Å²) < 4.78 is 17.7. The molecule has 0 aliphatic carbocycles. The van der Waals surface area contributed by atoms with Crippen LogP contribution in [-0.2, 0) is 20.7 Å². The van der Waals surface area contributed by atoms with Gasteiger partial charge in [-0.25, -0.2) is 9.18 Å². The van der Waals surface area contributed by atoms with Gasteiger partial charge in [-0.05, 0) is 30.2 Å². The number of halogens is 1. The quantitative estimate of drug-likeness (QED) is 0.654. The average molecular weight is 286 g/mol. The highest BCUT2D eigenvalue weighted by Gasteiger charge is 2.29. The van der Waals surface area contributed by atoms with Gasteiger partial charge in [-0.1, -0.05) is 6.07 Å². The number of aliphatic hydroxyl groups excluding tert-OH is 2. The Morgan fingerprint density at radius 3 is 2.55 bits per heavy atom.